The average molecular weight is 258 g/mol. The quantitative estimate of drug-likeness (QED) is 0.462. The predicted molar refractivity (Wildman–Crippen MR) is 66.8 cm³/mol. The average Bonchev–Trinajstić information content (AvgIpc) is 2.39. The Hall–Kier alpha value is -1.59. The minimum Gasteiger partial charge on any atom is -0.469 e. The number of carbonyl (C=O) groups is 3. The van der Waals surface area contributed by atoms with E-state index in [0.717, 1.165) is 19.3 Å². The highest BCUT2D eigenvalue weighted by Crippen LogP contribution is 1.99. The van der Waals surface area contributed by atoms with Crippen molar-refractivity contribution in [1.29, 1.82) is 0 Å². The first kappa shape index (κ1) is 16.4. The molecule has 0 spiro atoms. The molecular formula is C12H22N2O4. The standard InChI is InChI=1S/C12H22N2O4/c1-13-10(15)6-4-3-5-9-14-11(16)7-8-12(17)18-2/h3-9H2,1-2H3,(H,13,15)(H,14,16). The fourth-order valence-corrected chi connectivity index (χ4v) is 1.35. The number of hydrogen-bond acceptors (Lipinski definition) is 4. The van der Waals surface area contributed by atoms with Gasteiger partial charge in [0.05, 0.1) is 13.5 Å². The molecule has 2 N–H and O–H groups in total. The van der Waals surface area contributed by atoms with Gasteiger partial charge in [0.15, 0.2) is 0 Å². The van der Waals surface area contributed by atoms with Crippen molar-refractivity contribution in [2.75, 3.05) is 20.7 Å². The van der Waals surface area contributed by atoms with E-state index >= 15 is 0 Å². The minimum atomic E-state index is -0.379. The molecule has 0 rings (SSSR count). The molecule has 18 heavy (non-hydrogen) atoms. The molecular weight excluding hydrogens is 236 g/mol. The van der Waals surface area contributed by atoms with Gasteiger partial charge in [0.1, 0.15) is 0 Å². The molecule has 0 aliphatic heterocycles. The predicted octanol–water partition coefficient (Wildman–Crippen LogP) is 0.362. The number of nitrogens with one attached hydrogen (secondary N) is 2. The number of unbranched alkanes of at least 4 members (excludes halogenated alkanes) is 2. The zero-order valence-electron chi connectivity index (χ0n) is 11.1. The second-order valence-corrected chi connectivity index (χ2v) is 3.91. The Morgan fingerprint density at radius 1 is 0.944 bits per heavy atom. The van der Waals surface area contributed by atoms with Crippen LogP contribution in [0.4, 0.5) is 0 Å². The molecule has 0 aromatic carbocycles. The van der Waals surface area contributed by atoms with E-state index in [-0.39, 0.29) is 30.6 Å². The summed E-state index contributed by atoms with van der Waals surface area (Å²) in [5, 5.41) is 5.27. The Balaban J connectivity index is 3.35. The maximum Gasteiger partial charge on any atom is 0.306 e. The van der Waals surface area contributed by atoms with E-state index in [4.69, 9.17) is 0 Å². The van der Waals surface area contributed by atoms with Gasteiger partial charge in [0.25, 0.3) is 0 Å². The zero-order valence-corrected chi connectivity index (χ0v) is 11.1. The lowest BCUT2D eigenvalue weighted by Crippen LogP contribution is -2.25. The number of hydrogen-bond donors (Lipinski definition) is 2. The molecule has 0 unspecified atom stereocenters. The molecule has 0 aromatic heterocycles. The van der Waals surface area contributed by atoms with Crippen molar-refractivity contribution in [3.63, 3.8) is 0 Å². The van der Waals surface area contributed by atoms with Crippen LogP contribution in [-0.2, 0) is 19.1 Å². The topological polar surface area (TPSA) is 84.5 Å². The number of carbonyl (C=O) groups excluding carboxylic acids is 3. The van der Waals surface area contributed by atoms with E-state index in [9.17, 15) is 14.4 Å². The molecule has 104 valence electrons. The number of esters is 1. The first-order valence-electron chi connectivity index (χ1n) is 6.14. The minimum absolute atomic E-state index is 0.0390. The third-order valence-corrected chi connectivity index (χ3v) is 2.47. The molecule has 0 bridgehead atoms. The van der Waals surface area contributed by atoms with Gasteiger partial charge in [-0.2, -0.15) is 0 Å². The second-order valence-electron chi connectivity index (χ2n) is 3.91. The van der Waals surface area contributed by atoms with Gasteiger partial charge in [0, 0.05) is 26.4 Å². The molecule has 0 saturated heterocycles. The van der Waals surface area contributed by atoms with Crippen molar-refractivity contribution < 1.29 is 19.1 Å². The van der Waals surface area contributed by atoms with Gasteiger partial charge in [-0.15, -0.1) is 0 Å². The van der Waals surface area contributed by atoms with Crippen LogP contribution in [0.15, 0.2) is 0 Å². The Morgan fingerprint density at radius 3 is 2.28 bits per heavy atom. The van der Waals surface area contributed by atoms with E-state index in [1.165, 1.54) is 7.11 Å². The molecule has 0 radical (unpaired) electrons. The SMILES string of the molecule is CNC(=O)CCCCCNC(=O)CCC(=O)OC. The summed E-state index contributed by atoms with van der Waals surface area (Å²) in [7, 11) is 2.91. The number of ether oxygens (including phenoxy) is 1. The van der Waals surface area contributed by atoms with Crippen LogP contribution in [0.1, 0.15) is 38.5 Å². The summed E-state index contributed by atoms with van der Waals surface area (Å²) in [6, 6.07) is 0. The first-order chi connectivity index (χ1) is 8.60. The van der Waals surface area contributed by atoms with Crippen LogP contribution < -0.4 is 10.6 Å². The van der Waals surface area contributed by atoms with Crippen molar-refractivity contribution in [3.05, 3.63) is 0 Å². The van der Waals surface area contributed by atoms with Crippen LogP contribution in [0.25, 0.3) is 0 Å². The van der Waals surface area contributed by atoms with Crippen molar-refractivity contribution in [1.82, 2.24) is 10.6 Å². The summed E-state index contributed by atoms with van der Waals surface area (Å²) in [6.45, 7) is 0.577. The monoisotopic (exact) mass is 258 g/mol. The highest BCUT2D eigenvalue weighted by atomic mass is 16.5. The summed E-state index contributed by atoms with van der Waals surface area (Å²) < 4.78 is 4.43. The van der Waals surface area contributed by atoms with Crippen LogP contribution in [0.2, 0.25) is 0 Å². The number of amides is 2. The van der Waals surface area contributed by atoms with Crippen molar-refractivity contribution >= 4 is 17.8 Å². The second kappa shape index (κ2) is 10.6. The molecule has 0 aliphatic carbocycles. The van der Waals surface area contributed by atoms with E-state index in [2.05, 4.69) is 15.4 Å². The fourth-order valence-electron chi connectivity index (χ4n) is 1.35. The molecule has 6 heteroatoms. The molecule has 0 heterocycles. The van der Waals surface area contributed by atoms with Gasteiger partial charge in [-0.1, -0.05) is 6.42 Å². The van der Waals surface area contributed by atoms with Crippen molar-refractivity contribution in [2.24, 2.45) is 0 Å². The van der Waals surface area contributed by atoms with Gasteiger partial charge >= 0.3 is 5.97 Å². The smallest absolute Gasteiger partial charge is 0.306 e. The lowest BCUT2D eigenvalue weighted by molar-refractivity contribution is -0.142. The third-order valence-electron chi connectivity index (χ3n) is 2.47. The maximum atomic E-state index is 11.3. The number of rotatable bonds is 9. The Bertz CT molecular complexity index is 279. The van der Waals surface area contributed by atoms with Crippen LogP contribution in [-0.4, -0.2) is 38.5 Å². The van der Waals surface area contributed by atoms with Gasteiger partial charge in [-0.25, -0.2) is 0 Å². The van der Waals surface area contributed by atoms with Crippen LogP contribution in [0, 0.1) is 0 Å². The van der Waals surface area contributed by atoms with Gasteiger partial charge < -0.3 is 15.4 Å². The van der Waals surface area contributed by atoms with E-state index < -0.39 is 0 Å². The van der Waals surface area contributed by atoms with Crippen LogP contribution in [0.5, 0.6) is 0 Å². The van der Waals surface area contributed by atoms with E-state index in [1.807, 2.05) is 0 Å². The molecule has 0 fully saturated rings. The molecule has 0 aliphatic rings. The molecule has 0 atom stereocenters. The summed E-state index contributed by atoms with van der Waals surface area (Å²) in [5.74, 6) is -0.487. The summed E-state index contributed by atoms with van der Waals surface area (Å²) in [6.07, 6.45) is 3.33. The lowest BCUT2D eigenvalue weighted by atomic mass is 10.2. The molecule has 2 amide bonds. The number of methoxy groups -OCH3 is 1. The Morgan fingerprint density at radius 2 is 1.67 bits per heavy atom. The Kier molecular flexibility index (Phi) is 9.62. The van der Waals surface area contributed by atoms with Gasteiger partial charge in [0.2, 0.25) is 11.8 Å². The van der Waals surface area contributed by atoms with Crippen LogP contribution >= 0.6 is 0 Å². The van der Waals surface area contributed by atoms with E-state index in [0.29, 0.717) is 13.0 Å². The highest BCUT2D eigenvalue weighted by Gasteiger charge is 2.05. The van der Waals surface area contributed by atoms with E-state index in [1.54, 1.807) is 7.05 Å². The van der Waals surface area contributed by atoms with Crippen molar-refractivity contribution in [3.8, 4) is 0 Å². The zero-order chi connectivity index (χ0) is 13.8. The molecule has 0 aromatic rings. The van der Waals surface area contributed by atoms with Gasteiger partial charge in [-0.05, 0) is 12.8 Å². The molecule has 0 saturated carbocycles. The normalized spacial score (nSPS) is 9.67. The largest absolute Gasteiger partial charge is 0.469 e. The summed E-state index contributed by atoms with van der Waals surface area (Å²) >= 11 is 0. The summed E-state index contributed by atoms with van der Waals surface area (Å²) in [4.78, 5) is 33.0. The Labute approximate surface area is 107 Å². The first-order valence-corrected chi connectivity index (χ1v) is 6.14. The van der Waals surface area contributed by atoms with Crippen molar-refractivity contribution in [2.45, 2.75) is 38.5 Å². The lowest BCUT2D eigenvalue weighted by Gasteiger charge is -2.04. The summed E-state index contributed by atoms with van der Waals surface area (Å²) in [5.41, 5.74) is 0. The van der Waals surface area contributed by atoms with Gasteiger partial charge in [-0.3, -0.25) is 14.4 Å². The molecule has 6 nitrogen and oxygen atoms in total. The van der Waals surface area contributed by atoms with Crippen LogP contribution in [0.3, 0.4) is 0 Å². The maximum absolute atomic E-state index is 11.3. The highest BCUT2D eigenvalue weighted by molar-refractivity contribution is 5.81. The third kappa shape index (κ3) is 9.62. The fraction of sp³-hybridized carbons (Fsp3) is 0.750.